The SMILES string of the molecule is NC(=O)c1cn(C2CCCCC2)c2ccc(F)cc12. The molecule has 1 aliphatic carbocycles. The molecule has 4 heteroatoms. The Labute approximate surface area is 111 Å². The number of aromatic nitrogens is 1. The van der Waals surface area contributed by atoms with E-state index in [0.717, 1.165) is 18.4 Å². The summed E-state index contributed by atoms with van der Waals surface area (Å²) >= 11 is 0. The van der Waals surface area contributed by atoms with E-state index in [-0.39, 0.29) is 5.82 Å². The first-order valence-electron chi connectivity index (χ1n) is 6.76. The maximum absolute atomic E-state index is 13.4. The molecule has 0 atom stereocenters. The van der Waals surface area contributed by atoms with Crippen LogP contribution in [0.5, 0.6) is 0 Å². The first-order chi connectivity index (χ1) is 9.16. The van der Waals surface area contributed by atoms with Gasteiger partial charge in [-0.05, 0) is 31.0 Å². The molecule has 1 fully saturated rings. The topological polar surface area (TPSA) is 48.0 Å². The minimum Gasteiger partial charge on any atom is -0.366 e. The Morgan fingerprint density at radius 3 is 2.68 bits per heavy atom. The zero-order chi connectivity index (χ0) is 13.4. The molecule has 2 N–H and O–H groups in total. The van der Waals surface area contributed by atoms with Crippen molar-refractivity contribution in [2.24, 2.45) is 5.73 Å². The van der Waals surface area contributed by atoms with Crippen LogP contribution in [0.25, 0.3) is 10.9 Å². The van der Waals surface area contributed by atoms with Crippen LogP contribution in [0.3, 0.4) is 0 Å². The molecule has 0 unspecified atom stereocenters. The number of benzene rings is 1. The van der Waals surface area contributed by atoms with E-state index in [9.17, 15) is 9.18 Å². The van der Waals surface area contributed by atoms with Gasteiger partial charge >= 0.3 is 0 Å². The number of amides is 1. The molecule has 1 aromatic heterocycles. The molecule has 3 nitrogen and oxygen atoms in total. The number of hydrogen-bond donors (Lipinski definition) is 1. The minimum absolute atomic E-state index is 0.337. The largest absolute Gasteiger partial charge is 0.366 e. The number of carbonyl (C=O) groups is 1. The van der Waals surface area contributed by atoms with Gasteiger partial charge in [-0.3, -0.25) is 4.79 Å². The maximum Gasteiger partial charge on any atom is 0.250 e. The minimum atomic E-state index is -0.495. The van der Waals surface area contributed by atoms with Gasteiger partial charge in [0.25, 0.3) is 5.91 Å². The van der Waals surface area contributed by atoms with Gasteiger partial charge in [0, 0.05) is 23.1 Å². The van der Waals surface area contributed by atoms with E-state index < -0.39 is 5.91 Å². The van der Waals surface area contributed by atoms with E-state index in [2.05, 4.69) is 4.57 Å². The predicted molar refractivity (Wildman–Crippen MR) is 72.5 cm³/mol. The molecule has 19 heavy (non-hydrogen) atoms. The lowest BCUT2D eigenvalue weighted by molar-refractivity contribution is 0.100. The summed E-state index contributed by atoms with van der Waals surface area (Å²) in [6, 6.07) is 4.97. The van der Waals surface area contributed by atoms with Crippen molar-refractivity contribution < 1.29 is 9.18 Å². The molecule has 1 amide bonds. The first-order valence-corrected chi connectivity index (χ1v) is 6.76. The lowest BCUT2D eigenvalue weighted by Crippen LogP contribution is -2.13. The van der Waals surface area contributed by atoms with Crippen LogP contribution in [-0.2, 0) is 0 Å². The van der Waals surface area contributed by atoms with Crippen LogP contribution in [0.2, 0.25) is 0 Å². The van der Waals surface area contributed by atoms with Crippen LogP contribution in [-0.4, -0.2) is 10.5 Å². The fraction of sp³-hybridized carbons (Fsp3) is 0.400. The standard InChI is InChI=1S/C15H17FN2O/c16-10-6-7-14-12(8-10)13(15(17)19)9-18(14)11-4-2-1-3-5-11/h6-9,11H,1-5H2,(H2,17,19). The molecule has 2 aromatic rings. The Balaban J connectivity index is 2.16. The second-order valence-electron chi connectivity index (χ2n) is 5.27. The van der Waals surface area contributed by atoms with Crippen LogP contribution in [0.1, 0.15) is 48.5 Å². The third-order valence-electron chi connectivity index (χ3n) is 4.03. The van der Waals surface area contributed by atoms with Crippen molar-refractivity contribution in [2.75, 3.05) is 0 Å². The van der Waals surface area contributed by atoms with Gasteiger partial charge in [0.1, 0.15) is 5.82 Å². The molecule has 0 radical (unpaired) electrons. The average Bonchev–Trinajstić information content (AvgIpc) is 2.78. The number of rotatable bonds is 2. The summed E-state index contributed by atoms with van der Waals surface area (Å²) < 4.78 is 15.5. The number of nitrogens with two attached hydrogens (primary N) is 1. The normalized spacial score (nSPS) is 16.9. The highest BCUT2D eigenvalue weighted by Crippen LogP contribution is 2.33. The lowest BCUT2D eigenvalue weighted by atomic mass is 9.95. The molecule has 3 rings (SSSR count). The van der Waals surface area contributed by atoms with Crippen molar-refractivity contribution in [2.45, 2.75) is 38.1 Å². The van der Waals surface area contributed by atoms with Crippen molar-refractivity contribution >= 4 is 16.8 Å². The highest BCUT2D eigenvalue weighted by Gasteiger charge is 2.20. The fourth-order valence-electron chi connectivity index (χ4n) is 3.08. The monoisotopic (exact) mass is 260 g/mol. The molecule has 1 saturated carbocycles. The Morgan fingerprint density at radius 2 is 2.00 bits per heavy atom. The number of fused-ring (bicyclic) bond motifs is 1. The molecule has 1 heterocycles. The molecular formula is C15H17FN2O. The van der Waals surface area contributed by atoms with Crippen molar-refractivity contribution in [3.05, 3.63) is 35.8 Å². The van der Waals surface area contributed by atoms with Crippen molar-refractivity contribution in [3.8, 4) is 0 Å². The summed E-state index contributed by atoms with van der Waals surface area (Å²) in [6.07, 6.45) is 7.70. The summed E-state index contributed by atoms with van der Waals surface area (Å²) in [5.41, 5.74) is 6.72. The Kier molecular flexibility index (Phi) is 3.01. The molecular weight excluding hydrogens is 243 g/mol. The molecule has 0 saturated heterocycles. The number of hydrogen-bond acceptors (Lipinski definition) is 1. The Morgan fingerprint density at radius 1 is 1.26 bits per heavy atom. The average molecular weight is 260 g/mol. The van der Waals surface area contributed by atoms with Gasteiger partial charge in [-0.1, -0.05) is 19.3 Å². The van der Waals surface area contributed by atoms with E-state index in [1.807, 2.05) is 0 Å². The third kappa shape index (κ3) is 2.11. The van der Waals surface area contributed by atoms with Crippen LogP contribution in [0, 0.1) is 5.82 Å². The van der Waals surface area contributed by atoms with E-state index in [1.165, 1.54) is 31.4 Å². The number of primary amides is 1. The van der Waals surface area contributed by atoms with Gasteiger partial charge in [0.15, 0.2) is 0 Å². The van der Waals surface area contributed by atoms with Crippen molar-refractivity contribution in [3.63, 3.8) is 0 Å². The van der Waals surface area contributed by atoms with E-state index in [1.54, 1.807) is 12.3 Å². The van der Waals surface area contributed by atoms with E-state index >= 15 is 0 Å². The summed E-state index contributed by atoms with van der Waals surface area (Å²) in [4.78, 5) is 11.5. The van der Waals surface area contributed by atoms with Crippen LogP contribution >= 0.6 is 0 Å². The number of halogens is 1. The third-order valence-corrected chi connectivity index (χ3v) is 4.03. The zero-order valence-corrected chi connectivity index (χ0v) is 10.7. The van der Waals surface area contributed by atoms with Crippen LogP contribution < -0.4 is 5.73 Å². The van der Waals surface area contributed by atoms with Crippen molar-refractivity contribution in [1.82, 2.24) is 4.57 Å². The molecule has 1 aromatic carbocycles. The quantitative estimate of drug-likeness (QED) is 0.884. The van der Waals surface area contributed by atoms with Gasteiger partial charge in [-0.2, -0.15) is 0 Å². The molecule has 0 bridgehead atoms. The van der Waals surface area contributed by atoms with Crippen LogP contribution in [0.15, 0.2) is 24.4 Å². The summed E-state index contributed by atoms with van der Waals surface area (Å²) in [6.45, 7) is 0. The second kappa shape index (κ2) is 4.68. The van der Waals surface area contributed by atoms with Gasteiger partial charge in [0.05, 0.1) is 5.56 Å². The summed E-state index contributed by atoms with van der Waals surface area (Å²) in [5.74, 6) is -0.832. The van der Waals surface area contributed by atoms with E-state index in [0.29, 0.717) is 17.0 Å². The first kappa shape index (κ1) is 12.2. The van der Waals surface area contributed by atoms with Crippen molar-refractivity contribution in [1.29, 1.82) is 0 Å². The van der Waals surface area contributed by atoms with Gasteiger partial charge in [-0.15, -0.1) is 0 Å². The van der Waals surface area contributed by atoms with Gasteiger partial charge in [-0.25, -0.2) is 4.39 Å². The highest BCUT2D eigenvalue weighted by molar-refractivity contribution is 6.06. The Hall–Kier alpha value is -1.84. The fourth-order valence-corrected chi connectivity index (χ4v) is 3.08. The Bertz CT molecular complexity index is 626. The number of carbonyl (C=O) groups excluding carboxylic acids is 1. The molecule has 1 aliphatic rings. The zero-order valence-electron chi connectivity index (χ0n) is 10.7. The highest BCUT2D eigenvalue weighted by atomic mass is 19.1. The predicted octanol–water partition coefficient (Wildman–Crippen LogP) is 3.38. The maximum atomic E-state index is 13.4. The number of nitrogens with zero attached hydrogens (tertiary/aromatic N) is 1. The molecule has 0 spiro atoms. The van der Waals surface area contributed by atoms with Gasteiger partial charge in [0.2, 0.25) is 0 Å². The molecule has 0 aliphatic heterocycles. The van der Waals surface area contributed by atoms with Crippen LogP contribution in [0.4, 0.5) is 4.39 Å². The summed E-state index contributed by atoms with van der Waals surface area (Å²) in [7, 11) is 0. The molecule has 100 valence electrons. The smallest absolute Gasteiger partial charge is 0.250 e. The van der Waals surface area contributed by atoms with Gasteiger partial charge < -0.3 is 10.3 Å². The summed E-state index contributed by atoms with van der Waals surface area (Å²) in [5, 5.41) is 0.623. The second-order valence-corrected chi connectivity index (χ2v) is 5.27. The van der Waals surface area contributed by atoms with E-state index in [4.69, 9.17) is 5.73 Å². The lowest BCUT2D eigenvalue weighted by Gasteiger charge is -2.24.